The molecular weight excluding hydrogens is 478 g/mol. The summed E-state index contributed by atoms with van der Waals surface area (Å²) in [5, 5.41) is 31.1. The van der Waals surface area contributed by atoms with Crippen LogP contribution in [0.4, 0.5) is 0 Å². The molecule has 0 radical (unpaired) electrons. The molecule has 4 aliphatic rings. The van der Waals surface area contributed by atoms with Crippen LogP contribution in [0.5, 0.6) is 0 Å². The standard InChI is InChI=1S/C28H49NO6S/c1-5-19-23-16-18(30)8-12-28(23,4)22-9-13-27(3)20(6-7-21(27)25(22)26(19)33)17(2)10-14-29-36(34,35)15-11-24(31)32/h17-23,25-26,29-30,33H,5-16H2,1-4H3,(H,31,32)/t17-,18-,19-,20-,21+,22+,23+,25+,26-,27-,28-/m1/s1. The predicted octanol–water partition coefficient (Wildman–Crippen LogP) is 4.03. The number of carboxylic acid groups (broad SMARTS) is 1. The largest absolute Gasteiger partial charge is 0.481 e. The Hall–Kier alpha value is -0.700. The van der Waals surface area contributed by atoms with Crippen molar-refractivity contribution in [3.05, 3.63) is 0 Å². The Kier molecular flexibility index (Phi) is 8.23. The normalized spacial score (nSPS) is 45.4. The highest BCUT2D eigenvalue weighted by atomic mass is 32.2. The minimum Gasteiger partial charge on any atom is -0.481 e. The molecule has 0 bridgehead atoms. The van der Waals surface area contributed by atoms with Gasteiger partial charge in [0.25, 0.3) is 0 Å². The van der Waals surface area contributed by atoms with Crippen molar-refractivity contribution in [2.75, 3.05) is 12.3 Å². The van der Waals surface area contributed by atoms with E-state index < -0.39 is 16.0 Å². The molecule has 0 spiro atoms. The van der Waals surface area contributed by atoms with E-state index >= 15 is 0 Å². The van der Waals surface area contributed by atoms with Gasteiger partial charge in [-0.15, -0.1) is 0 Å². The van der Waals surface area contributed by atoms with E-state index in [1.54, 1.807) is 0 Å². The summed E-state index contributed by atoms with van der Waals surface area (Å²) >= 11 is 0. The first-order valence-electron chi connectivity index (χ1n) is 14.4. The highest BCUT2D eigenvalue weighted by Gasteiger charge is 2.64. The lowest BCUT2D eigenvalue weighted by molar-refractivity contribution is -0.203. The summed E-state index contributed by atoms with van der Waals surface area (Å²) in [5.41, 5.74) is 0.350. The molecule has 36 heavy (non-hydrogen) atoms. The van der Waals surface area contributed by atoms with Crippen molar-refractivity contribution < 1.29 is 28.5 Å². The molecule has 0 heterocycles. The zero-order chi connectivity index (χ0) is 26.5. The number of carboxylic acids is 1. The molecule has 11 atom stereocenters. The van der Waals surface area contributed by atoms with E-state index in [-0.39, 0.29) is 41.1 Å². The number of hydrogen-bond acceptors (Lipinski definition) is 5. The average Bonchev–Trinajstić information content (AvgIpc) is 3.16. The summed E-state index contributed by atoms with van der Waals surface area (Å²) < 4.78 is 26.9. The van der Waals surface area contributed by atoms with Gasteiger partial charge in [0.15, 0.2) is 0 Å². The molecule has 0 unspecified atom stereocenters. The summed E-state index contributed by atoms with van der Waals surface area (Å²) in [6, 6.07) is 0. The zero-order valence-corrected chi connectivity index (χ0v) is 23.5. The van der Waals surface area contributed by atoms with Gasteiger partial charge in [-0.1, -0.05) is 34.1 Å². The van der Waals surface area contributed by atoms with Crippen molar-refractivity contribution in [2.45, 2.75) is 104 Å². The number of aliphatic hydroxyl groups excluding tert-OH is 2. The van der Waals surface area contributed by atoms with E-state index in [2.05, 4.69) is 32.4 Å². The van der Waals surface area contributed by atoms with Gasteiger partial charge in [0.1, 0.15) is 0 Å². The summed E-state index contributed by atoms with van der Waals surface area (Å²) in [6.45, 7) is 9.68. The van der Waals surface area contributed by atoms with Crippen molar-refractivity contribution in [3.8, 4) is 0 Å². The molecule has 4 aliphatic carbocycles. The highest BCUT2D eigenvalue weighted by molar-refractivity contribution is 7.89. The minimum absolute atomic E-state index is 0.152. The molecular formula is C28H49NO6S. The Bertz CT molecular complexity index is 910. The zero-order valence-electron chi connectivity index (χ0n) is 22.7. The lowest BCUT2D eigenvalue weighted by atomic mass is 9.41. The van der Waals surface area contributed by atoms with E-state index in [1.165, 1.54) is 0 Å². The van der Waals surface area contributed by atoms with Crippen LogP contribution in [-0.4, -0.2) is 54.2 Å². The molecule has 4 fully saturated rings. The fraction of sp³-hybridized carbons (Fsp3) is 0.964. The SMILES string of the molecule is CC[C@H]1[C@@H](O)[C@@H]2[C@H](CC[C@]3(C)[C@@H]([C@H](C)CCNS(=O)(=O)CCC(=O)O)CC[C@@H]23)[C@@]2(C)CC[C@@H](O)C[C@@H]12. The summed E-state index contributed by atoms with van der Waals surface area (Å²) in [7, 11) is -3.57. The molecule has 0 aromatic rings. The monoisotopic (exact) mass is 527 g/mol. The fourth-order valence-corrected chi connectivity index (χ4v) is 10.9. The summed E-state index contributed by atoms with van der Waals surface area (Å²) in [5.74, 6) is 1.35. The van der Waals surface area contributed by atoms with E-state index in [1.807, 2.05) is 0 Å². The maximum absolute atomic E-state index is 12.1. The van der Waals surface area contributed by atoms with Crippen molar-refractivity contribution in [3.63, 3.8) is 0 Å². The van der Waals surface area contributed by atoms with Crippen LogP contribution in [0.15, 0.2) is 0 Å². The van der Waals surface area contributed by atoms with Crippen LogP contribution in [0.1, 0.15) is 91.9 Å². The van der Waals surface area contributed by atoms with E-state index in [0.717, 1.165) is 57.8 Å². The third-order valence-corrected chi connectivity index (χ3v) is 13.0. The summed E-state index contributed by atoms with van der Waals surface area (Å²) in [6.07, 6.45) is 8.12. The van der Waals surface area contributed by atoms with E-state index in [0.29, 0.717) is 42.1 Å². The van der Waals surface area contributed by atoms with E-state index in [4.69, 9.17) is 5.11 Å². The predicted molar refractivity (Wildman–Crippen MR) is 140 cm³/mol. The Morgan fingerprint density at radius 3 is 2.36 bits per heavy atom. The number of sulfonamides is 1. The van der Waals surface area contributed by atoms with Gasteiger partial charge < -0.3 is 15.3 Å². The average molecular weight is 528 g/mol. The first-order chi connectivity index (χ1) is 16.8. The molecule has 0 aromatic heterocycles. The molecule has 0 aliphatic heterocycles. The van der Waals surface area contributed by atoms with Crippen molar-refractivity contribution in [1.82, 2.24) is 4.72 Å². The van der Waals surface area contributed by atoms with Crippen LogP contribution in [0.25, 0.3) is 0 Å². The Balaban J connectivity index is 1.46. The maximum atomic E-state index is 12.1. The molecule has 4 saturated carbocycles. The van der Waals surface area contributed by atoms with Gasteiger partial charge in [0.05, 0.1) is 24.4 Å². The number of hydrogen-bond donors (Lipinski definition) is 4. The molecule has 4 N–H and O–H groups in total. The number of rotatable bonds is 9. The van der Waals surface area contributed by atoms with Crippen LogP contribution in [-0.2, 0) is 14.8 Å². The number of aliphatic hydroxyl groups is 2. The Morgan fingerprint density at radius 2 is 1.69 bits per heavy atom. The third-order valence-electron chi connectivity index (χ3n) is 11.7. The molecule has 8 heteroatoms. The van der Waals surface area contributed by atoms with Crippen LogP contribution >= 0.6 is 0 Å². The molecule has 208 valence electrons. The second-order valence-electron chi connectivity index (χ2n) is 13.2. The smallest absolute Gasteiger partial charge is 0.304 e. The number of carbonyl (C=O) groups is 1. The second-order valence-corrected chi connectivity index (χ2v) is 15.2. The van der Waals surface area contributed by atoms with Gasteiger partial charge in [0, 0.05) is 6.54 Å². The molecule has 0 saturated heterocycles. The lowest BCUT2D eigenvalue weighted by Crippen LogP contribution is -2.62. The van der Waals surface area contributed by atoms with Gasteiger partial charge in [-0.25, -0.2) is 13.1 Å². The van der Waals surface area contributed by atoms with E-state index in [9.17, 15) is 23.4 Å². The maximum Gasteiger partial charge on any atom is 0.304 e. The molecule has 0 amide bonds. The molecule has 4 rings (SSSR count). The van der Waals surface area contributed by atoms with Gasteiger partial charge in [-0.05, 0) is 104 Å². The first-order valence-corrected chi connectivity index (χ1v) is 16.0. The first kappa shape index (κ1) is 28.3. The lowest BCUT2D eigenvalue weighted by Gasteiger charge is -2.64. The van der Waals surface area contributed by atoms with Crippen LogP contribution in [0.3, 0.4) is 0 Å². The second kappa shape index (κ2) is 10.5. The van der Waals surface area contributed by atoms with Crippen molar-refractivity contribution >= 4 is 16.0 Å². The highest BCUT2D eigenvalue weighted by Crippen LogP contribution is 2.69. The third kappa shape index (κ3) is 5.01. The van der Waals surface area contributed by atoms with Gasteiger partial charge in [0.2, 0.25) is 10.0 Å². The quantitative estimate of drug-likeness (QED) is 0.359. The summed E-state index contributed by atoms with van der Waals surface area (Å²) in [4.78, 5) is 10.7. The Morgan fingerprint density at radius 1 is 1.03 bits per heavy atom. The molecule has 0 aromatic carbocycles. The fourth-order valence-electron chi connectivity index (χ4n) is 9.87. The minimum atomic E-state index is -3.57. The van der Waals surface area contributed by atoms with Crippen LogP contribution in [0, 0.1) is 52.3 Å². The number of aliphatic carboxylic acids is 1. The van der Waals surface area contributed by atoms with Gasteiger partial charge in [-0.2, -0.15) is 0 Å². The Labute approximate surface area is 217 Å². The van der Waals surface area contributed by atoms with Crippen molar-refractivity contribution in [2.24, 2.45) is 52.3 Å². The van der Waals surface area contributed by atoms with Crippen molar-refractivity contribution in [1.29, 1.82) is 0 Å². The number of fused-ring (bicyclic) bond motifs is 5. The van der Waals surface area contributed by atoms with Gasteiger partial charge in [-0.3, -0.25) is 4.79 Å². The number of nitrogens with one attached hydrogen (secondary N) is 1. The molecule has 7 nitrogen and oxygen atoms in total. The van der Waals surface area contributed by atoms with Crippen LogP contribution in [0.2, 0.25) is 0 Å². The van der Waals surface area contributed by atoms with Crippen LogP contribution < -0.4 is 4.72 Å². The van der Waals surface area contributed by atoms with Gasteiger partial charge >= 0.3 is 5.97 Å². The topological polar surface area (TPSA) is 124 Å².